The highest BCUT2D eigenvalue weighted by Crippen LogP contribution is 2.27. The third-order valence-corrected chi connectivity index (χ3v) is 8.66. The second-order valence-electron chi connectivity index (χ2n) is 6.27. The maximum absolute atomic E-state index is 12.8. The van der Waals surface area contributed by atoms with Gasteiger partial charge in [-0.3, -0.25) is 4.79 Å². The molecule has 1 aliphatic heterocycles. The molecule has 1 atom stereocenters. The predicted molar refractivity (Wildman–Crippen MR) is 114 cm³/mol. The number of halogens is 2. The number of rotatable bonds is 6. The molecule has 1 aliphatic rings. The molecule has 1 aromatic heterocycles. The van der Waals surface area contributed by atoms with Crippen LogP contribution in [0.5, 0.6) is 0 Å². The molecule has 0 radical (unpaired) electrons. The normalized spacial score (nSPS) is 18.2. The summed E-state index contributed by atoms with van der Waals surface area (Å²) in [6.07, 6.45) is 3.12. The van der Waals surface area contributed by atoms with Crippen LogP contribution >= 0.6 is 46.3 Å². The minimum absolute atomic E-state index is 0.143. The van der Waals surface area contributed by atoms with E-state index in [2.05, 4.69) is 15.5 Å². The van der Waals surface area contributed by atoms with E-state index in [1.807, 2.05) is 6.26 Å². The van der Waals surface area contributed by atoms with Crippen LogP contribution in [0.15, 0.2) is 22.5 Å². The van der Waals surface area contributed by atoms with Gasteiger partial charge in [0, 0.05) is 13.1 Å². The Kier molecular flexibility index (Phi) is 7.21. The fraction of sp³-hybridized carbons (Fsp3) is 0.438. The van der Waals surface area contributed by atoms with E-state index in [4.69, 9.17) is 23.2 Å². The van der Waals surface area contributed by atoms with Gasteiger partial charge < -0.3 is 5.32 Å². The molecule has 0 saturated carbocycles. The van der Waals surface area contributed by atoms with Gasteiger partial charge in [-0.2, -0.15) is 0 Å². The molecule has 0 unspecified atom stereocenters. The Morgan fingerprint density at radius 1 is 1.36 bits per heavy atom. The Morgan fingerprint density at radius 3 is 2.82 bits per heavy atom. The zero-order valence-corrected chi connectivity index (χ0v) is 18.9. The van der Waals surface area contributed by atoms with Crippen molar-refractivity contribution in [2.75, 3.05) is 24.7 Å². The Labute approximate surface area is 181 Å². The Bertz CT molecular complexity index is 968. The predicted octanol–water partition coefficient (Wildman–Crippen LogP) is 3.75. The van der Waals surface area contributed by atoms with Crippen LogP contribution in [-0.2, 0) is 20.6 Å². The van der Waals surface area contributed by atoms with Crippen molar-refractivity contribution in [1.29, 1.82) is 0 Å². The number of carbonyl (C=O) groups excluding carboxylic acids is 1. The molecule has 2 heterocycles. The lowest BCUT2D eigenvalue weighted by Gasteiger charge is -2.31. The third kappa shape index (κ3) is 5.37. The molecule has 1 saturated heterocycles. The van der Waals surface area contributed by atoms with Gasteiger partial charge in [0.15, 0.2) is 4.34 Å². The summed E-state index contributed by atoms with van der Waals surface area (Å²) in [4.78, 5) is 12.5. The summed E-state index contributed by atoms with van der Waals surface area (Å²) in [6.45, 7) is 0.534. The molecule has 1 N–H and O–H groups in total. The van der Waals surface area contributed by atoms with Gasteiger partial charge in [0.1, 0.15) is 0 Å². The zero-order valence-electron chi connectivity index (χ0n) is 14.9. The van der Waals surface area contributed by atoms with Crippen LogP contribution < -0.4 is 5.32 Å². The Morgan fingerprint density at radius 2 is 2.14 bits per heavy atom. The molecule has 1 fully saturated rings. The van der Waals surface area contributed by atoms with Crippen LogP contribution in [0, 0.1) is 5.92 Å². The molecule has 0 aliphatic carbocycles. The number of carbonyl (C=O) groups is 1. The number of nitrogens with one attached hydrogen (secondary N) is 1. The van der Waals surface area contributed by atoms with Gasteiger partial charge in [-0.15, -0.1) is 10.2 Å². The lowest BCUT2D eigenvalue weighted by Crippen LogP contribution is -2.44. The number of sulfonamides is 1. The van der Waals surface area contributed by atoms with Crippen LogP contribution in [0.4, 0.5) is 5.13 Å². The second kappa shape index (κ2) is 9.27. The SMILES string of the molecule is CSc1nnc(NC(=O)[C@H]2CCCN(S(=O)(=O)Cc3ccc(Cl)c(Cl)c3)C2)s1. The van der Waals surface area contributed by atoms with Crippen molar-refractivity contribution in [3.05, 3.63) is 33.8 Å². The minimum Gasteiger partial charge on any atom is -0.300 e. The van der Waals surface area contributed by atoms with E-state index in [9.17, 15) is 13.2 Å². The third-order valence-electron chi connectivity index (χ3n) is 4.29. The molecule has 0 bridgehead atoms. The molecular formula is C16H18Cl2N4O3S3. The highest BCUT2D eigenvalue weighted by molar-refractivity contribution is 8.00. The van der Waals surface area contributed by atoms with Gasteiger partial charge >= 0.3 is 0 Å². The van der Waals surface area contributed by atoms with Crippen molar-refractivity contribution in [3.8, 4) is 0 Å². The number of nitrogens with zero attached hydrogens (tertiary/aromatic N) is 3. The van der Waals surface area contributed by atoms with Gasteiger partial charge in [-0.1, -0.05) is 52.4 Å². The quantitative estimate of drug-likeness (QED) is 0.499. The first kappa shape index (κ1) is 21.8. The summed E-state index contributed by atoms with van der Waals surface area (Å²) in [7, 11) is -3.58. The lowest BCUT2D eigenvalue weighted by molar-refractivity contribution is -0.120. The van der Waals surface area contributed by atoms with Crippen molar-refractivity contribution in [3.63, 3.8) is 0 Å². The average Bonchev–Trinajstić information content (AvgIpc) is 3.12. The minimum atomic E-state index is -3.58. The van der Waals surface area contributed by atoms with E-state index in [1.54, 1.807) is 18.2 Å². The number of anilines is 1. The molecule has 152 valence electrons. The molecule has 0 spiro atoms. The fourth-order valence-corrected chi connectivity index (χ4v) is 5.98. The van der Waals surface area contributed by atoms with Crippen molar-refractivity contribution in [2.24, 2.45) is 5.92 Å². The van der Waals surface area contributed by atoms with Gasteiger partial charge in [-0.05, 0) is 36.8 Å². The smallest absolute Gasteiger partial charge is 0.230 e. The number of benzene rings is 1. The van der Waals surface area contributed by atoms with Crippen LogP contribution in [0.2, 0.25) is 10.0 Å². The number of hydrogen-bond acceptors (Lipinski definition) is 7. The number of piperidine rings is 1. The Balaban J connectivity index is 1.65. The molecule has 3 rings (SSSR count). The van der Waals surface area contributed by atoms with Crippen LogP contribution in [0.3, 0.4) is 0 Å². The first-order valence-corrected chi connectivity index (χ1v) is 12.8. The second-order valence-corrected chi connectivity index (χ2v) is 11.1. The van der Waals surface area contributed by atoms with Gasteiger partial charge in [0.25, 0.3) is 0 Å². The first-order valence-electron chi connectivity index (χ1n) is 8.38. The molecule has 1 aromatic carbocycles. The number of amides is 1. The van der Waals surface area contributed by atoms with E-state index in [0.29, 0.717) is 40.1 Å². The van der Waals surface area contributed by atoms with Crippen molar-refractivity contribution in [2.45, 2.75) is 22.9 Å². The van der Waals surface area contributed by atoms with Crippen molar-refractivity contribution < 1.29 is 13.2 Å². The monoisotopic (exact) mass is 480 g/mol. The summed E-state index contributed by atoms with van der Waals surface area (Å²) < 4.78 is 27.8. The van der Waals surface area contributed by atoms with E-state index in [0.717, 1.165) is 4.34 Å². The summed E-state index contributed by atoms with van der Waals surface area (Å²) >= 11 is 14.6. The molecule has 2 aromatic rings. The number of thioether (sulfide) groups is 1. The average molecular weight is 481 g/mol. The molecular weight excluding hydrogens is 463 g/mol. The topological polar surface area (TPSA) is 92.3 Å². The number of hydrogen-bond donors (Lipinski definition) is 1. The molecule has 7 nitrogen and oxygen atoms in total. The largest absolute Gasteiger partial charge is 0.300 e. The van der Waals surface area contributed by atoms with E-state index >= 15 is 0 Å². The summed E-state index contributed by atoms with van der Waals surface area (Å²) in [6, 6.07) is 4.76. The first-order chi connectivity index (χ1) is 13.3. The summed E-state index contributed by atoms with van der Waals surface area (Å²) in [5.41, 5.74) is 0.555. The summed E-state index contributed by atoms with van der Waals surface area (Å²) in [5.74, 6) is -0.858. The van der Waals surface area contributed by atoms with Crippen LogP contribution in [-0.4, -0.2) is 48.2 Å². The van der Waals surface area contributed by atoms with Crippen LogP contribution in [0.25, 0.3) is 0 Å². The maximum atomic E-state index is 12.8. The van der Waals surface area contributed by atoms with Gasteiger partial charge in [0.05, 0.1) is 21.7 Å². The molecule has 28 heavy (non-hydrogen) atoms. The zero-order chi connectivity index (χ0) is 20.3. The highest BCUT2D eigenvalue weighted by Gasteiger charge is 2.32. The van der Waals surface area contributed by atoms with Crippen molar-refractivity contribution in [1.82, 2.24) is 14.5 Å². The van der Waals surface area contributed by atoms with Gasteiger partial charge in [0.2, 0.25) is 21.1 Å². The highest BCUT2D eigenvalue weighted by atomic mass is 35.5. The Hall–Kier alpha value is -0.910. The fourth-order valence-electron chi connectivity index (χ4n) is 2.89. The standard InChI is InChI=1S/C16H18Cl2N4O3S3/c1-26-16-21-20-15(27-16)19-14(23)11-3-2-6-22(8-11)28(24,25)9-10-4-5-12(17)13(18)7-10/h4-5,7,11H,2-3,6,8-9H2,1H3,(H,19,20,23)/t11-/m0/s1. The summed E-state index contributed by atoms with van der Waals surface area (Å²) in [5, 5.41) is 11.7. The molecule has 12 heteroatoms. The van der Waals surface area contributed by atoms with E-state index in [-0.39, 0.29) is 18.2 Å². The van der Waals surface area contributed by atoms with E-state index in [1.165, 1.54) is 27.4 Å². The maximum Gasteiger partial charge on any atom is 0.230 e. The van der Waals surface area contributed by atoms with Gasteiger partial charge in [-0.25, -0.2) is 12.7 Å². The van der Waals surface area contributed by atoms with E-state index < -0.39 is 15.9 Å². The van der Waals surface area contributed by atoms with Crippen LogP contribution in [0.1, 0.15) is 18.4 Å². The molecule has 1 amide bonds. The van der Waals surface area contributed by atoms with Crippen molar-refractivity contribution >= 4 is 67.4 Å². The lowest BCUT2D eigenvalue weighted by atomic mass is 9.99. The number of aromatic nitrogens is 2.